The molecule has 7 rings (SSSR count). The lowest BCUT2D eigenvalue weighted by atomic mass is 9.89. The molecule has 1 saturated heterocycles. The number of piperazine rings is 1. The number of imidazole rings is 1. The first-order valence-electron chi connectivity index (χ1n) is 14.8. The van der Waals surface area contributed by atoms with Gasteiger partial charge in [0.2, 0.25) is 5.95 Å². The van der Waals surface area contributed by atoms with E-state index in [0.29, 0.717) is 17.9 Å². The number of nitrogens with one attached hydrogen (secondary N) is 1. The van der Waals surface area contributed by atoms with Crippen molar-refractivity contribution in [2.45, 2.75) is 44.7 Å². The highest BCUT2D eigenvalue weighted by atomic mass is 15.3. The molecule has 1 saturated carbocycles. The van der Waals surface area contributed by atoms with Crippen LogP contribution in [-0.2, 0) is 7.05 Å². The molecule has 0 atom stereocenters. The Kier molecular flexibility index (Phi) is 6.63. The molecule has 9 heteroatoms. The highest BCUT2D eigenvalue weighted by Crippen LogP contribution is 2.39. The lowest BCUT2D eigenvalue weighted by Gasteiger charge is -2.41. The number of nitrogens with two attached hydrogens (primary N) is 1. The van der Waals surface area contributed by atoms with Gasteiger partial charge in [0.05, 0.1) is 16.4 Å². The van der Waals surface area contributed by atoms with E-state index >= 15 is 0 Å². The molecule has 9 nitrogen and oxygen atoms in total. The summed E-state index contributed by atoms with van der Waals surface area (Å²) in [6.07, 6.45) is 8.62. The third kappa shape index (κ3) is 4.83. The number of nitrogen functional groups attached to an aromatic ring is 1. The lowest BCUT2D eigenvalue weighted by molar-refractivity contribution is 0.0828. The third-order valence-corrected chi connectivity index (χ3v) is 9.24. The predicted molar refractivity (Wildman–Crippen MR) is 166 cm³/mol. The number of aryl methyl sites for hydroxylation is 2. The van der Waals surface area contributed by atoms with Crippen molar-refractivity contribution in [1.82, 2.24) is 33.9 Å². The molecule has 0 unspecified atom stereocenters. The van der Waals surface area contributed by atoms with E-state index in [1.165, 1.54) is 44.6 Å². The van der Waals surface area contributed by atoms with Crippen molar-refractivity contribution in [3.05, 3.63) is 60.6 Å². The fourth-order valence-electron chi connectivity index (χ4n) is 6.78. The van der Waals surface area contributed by atoms with Crippen LogP contribution in [0.2, 0.25) is 0 Å². The monoisotopic (exact) mass is 549 g/mol. The normalized spacial score (nSPS) is 20.7. The molecular weight excluding hydrogens is 510 g/mol. The smallest absolute Gasteiger partial charge is 0.208 e. The van der Waals surface area contributed by atoms with E-state index in [0.717, 1.165) is 57.7 Å². The minimum absolute atomic E-state index is 0.423. The van der Waals surface area contributed by atoms with Crippen LogP contribution in [0.25, 0.3) is 33.2 Å². The van der Waals surface area contributed by atoms with Gasteiger partial charge in [-0.3, -0.25) is 4.90 Å². The largest absolute Gasteiger partial charge is 0.383 e. The summed E-state index contributed by atoms with van der Waals surface area (Å²) in [5.41, 5.74) is 13.9. The van der Waals surface area contributed by atoms with E-state index in [-0.39, 0.29) is 0 Å². The van der Waals surface area contributed by atoms with E-state index < -0.39 is 0 Å². The zero-order valence-corrected chi connectivity index (χ0v) is 24.2. The third-order valence-electron chi connectivity index (χ3n) is 9.24. The molecule has 0 spiro atoms. The first-order valence-corrected chi connectivity index (χ1v) is 14.8. The number of hydrogen-bond acceptors (Lipinski definition) is 7. The molecule has 0 bridgehead atoms. The number of aromatic nitrogens is 5. The van der Waals surface area contributed by atoms with E-state index in [1.807, 2.05) is 7.05 Å². The summed E-state index contributed by atoms with van der Waals surface area (Å²) in [5.74, 6) is 1.35. The maximum Gasteiger partial charge on any atom is 0.208 e. The molecule has 1 aliphatic carbocycles. The molecular formula is C32H39N9. The van der Waals surface area contributed by atoms with Gasteiger partial charge in [-0.1, -0.05) is 18.2 Å². The van der Waals surface area contributed by atoms with Gasteiger partial charge in [0.15, 0.2) is 0 Å². The summed E-state index contributed by atoms with van der Waals surface area (Å²) < 4.78 is 4.46. The predicted octanol–water partition coefficient (Wildman–Crippen LogP) is 5.35. The number of likely N-dealkylation sites (N-methyl/N-ethyl adjacent to an activating group) is 1. The van der Waals surface area contributed by atoms with Crippen molar-refractivity contribution in [2.24, 2.45) is 7.05 Å². The van der Waals surface area contributed by atoms with Crippen molar-refractivity contribution in [3.63, 3.8) is 0 Å². The SMILES string of the molecule is Cc1ccc2c(c1)nc(Nc1ccc(-c3cn([C@H]4CC[C@H](N5CCN(C)CC5)CC4)c4ncnc(N)c34)cc1)n2C. The number of hydrogen-bond donors (Lipinski definition) is 2. The van der Waals surface area contributed by atoms with Crippen LogP contribution < -0.4 is 11.1 Å². The first kappa shape index (κ1) is 26.0. The highest BCUT2D eigenvalue weighted by Gasteiger charge is 2.30. The Labute approximate surface area is 241 Å². The summed E-state index contributed by atoms with van der Waals surface area (Å²) in [6.45, 7) is 6.82. The number of benzene rings is 2. The molecule has 0 radical (unpaired) electrons. The zero-order chi connectivity index (χ0) is 28.1. The zero-order valence-electron chi connectivity index (χ0n) is 24.2. The van der Waals surface area contributed by atoms with E-state index in [2.05, 4.69) is 91.9 Å². The number of rotatable bonds is 5. The molecule has 2 aromatic carbocycles. The van der Waals surface area contributed by atoms with E-state index in [1.54, 1.807) is 6.33 Å². The second-order valence-electron chi connectivity index (χ2n) is 11.9. The van der Waals surface area contributed by atoms with Crippen molar-refractivity contribution >= 4 is 39.5 Å². The van der Waals surface area contributed by atoms with Crippen molar-refractivity contribution in [2.75, 3.05) is 44.3 Å². The number of nitrogens with zero attached hydrogens (tertiary/aromatic N) is 7. The van der Waals surface area contributed by atoms with Crippen molar-refractivity contribution < 1.29 is 0 Å². The Balaban J connectivity index is 1.13. The van der Waals surface area contributed by atoms with Gasteiger partial charge < -0.3 is 25.1 Å². The van der Waals surface area contributed by atoms with Crippen LogP contribution in [0, 0.1) is 6.92 Å². The van der Waals surface area contributed by atoms with Crippen LogP contribution in [-0.4, -0.2) is 73.2 Å². The maximum absolute atomic E-state index is 6.47. The van der Waals surface area contributed by atoms with Crippen molar-refractivity contribution in [3.8, 4) is 11.1 Å². The van der Waals surface area contributed by atoms with Gasteiger partial charge in [0.25, 0.3) is 0 Å². The average molecular weight is 550 g/mol. The van der Waals surface area contributed by atoms with Gasteiger partial charge in [-0.25, -0.2) is 15.0 Å². The highest BCUT2D eigenvalue weighted by molar-refractivity contribution is 6.00. The molecule has 0 amide bonds. The van der Waals surface area contributed by atoms with Gasteiger partial charge >= 0.3 is 0 Å². The molecule has 1 aliphatic heterocycles. The number of fused-ring (bicyclic) bond motifs is 2. The Hall–Kier alpha value is -3.95. The topological polar surface area (TPSA) is 93.1 Å². The lowest BCUT2D eigenvalue weighted by Crippen LogP contribution is -2.49. The van der Waals surface area contributed by atoms with Crippen LogP contribution >= 0.6 is 0 Å². The maximum atomic E-state index is 6.47. The van der Waals surface area contributed by atoms with Crippen LogP contribution in [0.1, 0.15) is 37.3 Å². The van der Waals surface area contributed by atoms with Crippen LogP contribution in [0.4, 0.5) is 17.5 Å². The Morgan fingerprint density at radius 2 is 1.61 bits per heavy atom. The van der Waals surface area contributed by atoms with Gasteiger partial charge in [0, 0.05) is 62.8 Å². The Morgan fingerprint density at radius 3 is 2.37 bits per heavy atom. The summed E-state index contributed by atoms with van der Waals surface area (Å²) in [5, 5.41) is 4.43. The second-order valence-corrected chi connectivity index (χ2v) is 11.9. The quantitative estimate of drug-likeness (QED) is 0.305. The molecule has 2 fully saturated rings. The average Bonchev–Trinajstić information content (AvgIpc) is 3.52. The summed E-state index contributed by atoms with van der Waals surface area (Å²) in [4.78, 5) is 19.0. The van der Waals surface area contributed by atoms with E-state index in [9.17, 15) is 0 Å². The van der Waals surface area contributed by atoms with Crippen LogP contribution in [0.5, 0.6) is 0 Å². The Morgan fingerprint density at radius 1 is 0.878 bits per heavy atom. The fraction of sp³-hybridized carbons (Fsp3) is 0.406. The minimum Gasteiger partial charge on any atom is -0.383 e. The fourth-order valence-corrected chi connectivity index (χ4v) is 6.78. The summed E-state index contributed by atoms with van der Waals surface area (Å²) in [6, 6.07) is 16.0. The second kappa shape index (κ2) is 10.5. The molecule has 41 heavy (non-hydrogen) atoms. The standard InChI is InChI=1S/C32H39N9/c1-21-4-13-28-27(18-21)37-32(39(28)3)36-23-7-5-22(6-8-23)26-19-41(31-29(26)30(33)34-20-35-31)25-11-9-24(10-12-25)40-16-14-38(2)15-17-40/h4-8,13,18-20,24-25H,9-12,14-17H2,1-3H3,(H,36,37)(H2,33,34,35)/t24-,25-. The van der Waals surface area contributed by atoms with Gasteiger partial charge in [-0.2, -0.15) is 0 Å². The number of anilines is 3. The molecule has 3 aromatic heterocycles. The summed E-state index contributed by atoms with van der Waals surface area (Å²) in [7, 11) is 4.26. The Bertz CT molecular complexity index is 1680. The van der Waals surface area contributed by atoms with Crippen LogP contribution in [0.3, 0.4) is 0 Å². The molecule has 5 aromatic rings. The van der Waals surface area contributed by atoms with Crippen molar-refractivity contribution in [1.29, 1.82) is 0 Å². The molecule has 4 heterocycles. The first-order chi connectivity index (χ1) is 19.9. The summed E-state index contributed by atoms with van der Waals surface area (Å²) >= 11 is 0. The molecule has 212 valence electrons. The molecule has 2 aliphatic rings. The van der Waals surface area contributed by atoms with Gasteiger partial charge in [0.1, 0.15) is 17.8 Å². The van der Waals surface area contributed by atoms with E-state index in [4.69, 9.17) is 15.7 Å². The van der Waals surface area contributed by atoms with Gasteiger partial charge in [-0.15, -0.1) is 0 Å². The minimum atomic E-state index is 0.423. The van der Waals surface area contributed by atoms with Gasteiger partial charge in [-0.05, 0) is 75.0 Å². The van der Waals surface area contributed by atoms with Crippen LogP contribution in [0.15, 0.2) is 55.0 Å². The molecule has 3 N–H and O–H groups in total.